The number of alkyl halides is 1. The lowest BCUT2D eigenvalue weighted by Gasteiger charge is -2.22. The van der Waals surface area contributed by atoms with E-state index in [0.29, 0.717) is 6.61 Å². The van der Waals surface area contributed by atoms with E-state index in [-0.39, 0.29) is 12.2 Å². The quantitative estimate of drug-likeness (QED) is 0.549. The zero-order chi connectivity index (χ0) is 12.7. The van der Waals surface area contributed by atoms with Crippen LogP contribution < -0.4 is 0 Å². The highest BCUT2D eigenvalue weighted by molar-refractivity contribution is 14.1. The van der Waals surface area contributed by atoms with Crippen LogP contribution in [0.4, 0.5) is 0 Å². The minimum absolute atomic E-state index is 0.134. The molecular formula is C14H21IO2. The average Bonchev–Trinajstić information content (AvgIpc) is 2.34. The van der Waals surface area contributed by atoms with Crippen LogP contribution in [-0.2, 0) is 9.47 Å². The fourth-order valence-electron chi connectivity index (χ4n) is 1.74. The highest BCUT2D eigenvalue weighted by Crippen LogP contribution is 2.24. The van der Waals surface area contributed by atoms with Gasteiger partial charge in [0, 0.05) is 11.0 Å². The van der Waals surface area contributed by atoms with Crippen LogP contribution in [0.15, 0.2) is 24.3 Å². The van der Waals surface area contributed by atoms with E-state index >= 15 is 0 Å². The minimum atomic E-state index is 0.134. The van der Waals surface area contributed by atoms with Crippen LogP contribution in [0.1, 0.15) is 31.1 Å². The molecule has 0 spiro atoms. The van der Waals surface area contributed by atoms with E-state index < -0.39 is 0 Å². The molecule has 0 fully saturated rings. The van der Waals surface area contributed by atoms with Crippen molar-refractivity contribution in [3.63, 3.8) is 0 Å². The smallest absolute Gasteiger partial charge is 0.0921 e. The van der Waals surface area contributed by atoms with Gasteiger partial charge < -0.3 is 9.47 Å². The molecular weight excluding hydrogens is 327 g/mol. The predicted molar refractivity (Wildman–Crippen MR) is 79.8 cm³/mol. The summed E-state index contributed by atoms with van der Waals surface area (Å²) in [5.74, 6) is 0. The van der Waals surface area contributed by atoms with Crippen LogP contribution in [0.25, 0.3) is 0 Å². The van der Waals surface area contributed by atoms with E-state index in [1.807, 2.05) is 6.92 Å². The first kappa shape index (κ1) is 14.9. The number of halogens is 1. The Kier molecular flexibility index (Phi) is 7.08. The number of rotatable bonds is 7. The Labute approximate surface area is 118 Å². The summed E-state index contributed by atoms with van der Waals surface area (Å²) in [5.41, 5.74) is 2.57. The average molecular weight is 348 g/mol. The van der Waals surface area contributed by atoms with Gasteiger partial charge in [-0.15, -0.1) is 0 Å². The molecule has 0 aromatic heterocycles. The van der Waals surface area contributed by atoms with Gasteiger partial charge in [0.25, 0.3) is 0 Å². The van der Waals surface area contributed by atoms with E-state index in [1.165, 1.54) is 11.1 Å². The summed E-state index contributed by atoms with van der Waals surface area (Å²) in [6, 6.07) is 8.40. The number of hydrogen-bond acceptors (Lipinski definition) is 2. The van der Waals surface area contributed by atoms with Crippen molar-refractivity contribution in [1.29, 1.82) is 0 Å². The van der Waals surface area contributed by atoms with Crippen LogP contribution in [0, 0.1) is 6.92 Å². The van der Waals surface area contributed by atoms with Crippen LogP contribution in [-0.4, -0.2) is 23.7 Å². The van der Waals surface area contributed by atoms with Gasteiger partial charge in [0.15, 0.2) is 0 Å². The third-order valence-electron chi connectivity index (χ3n) is 2.63. The first-order valence-electron chi connectivity index (χ1n) is 6.03. The van der Waals surface area contributed by atoms with Crippen LogP contribution >= 0.6 is 22.6 Å². The SMILES string of the molecule is CCOCC(C)OC(CI)c1ccccc1C. The lowest BCUT2D eigenvalue weighted by Crippen LogP contribution is -2.20. The topological polar surface area (TPSA) is 18.5 Å². The molecule has 0 heterocycles. The Morgan fingerprint density at radius 3 is 2.59 bits per heavy atom. The van der Waals surface area contributed by atoms with Crippen molar-refractivity contribution in [1.82, 2.24) is 0 Å². The number of ether oxygens (including phenoxy) is 2. The first-order valence-corrected chi connectivity index (χ1v) is 7.56. The van der Waals surface area contributed by atoms with Gasteiger partial charge in [0.1, 0.15) is 0 Å². The van der Waals surface area contributed by atoms with Gasteiger partial charge in [0.2, 0.25) is 0 Å². The molecule has 0 bridgehead atoms. The van der Waals surface area contributed by atoms with E-state index in [1.54, 1.807) is 0 Å². The molecule has 0 aliphatic heterocycles. The van der Waals surface area contributed by atoms with E-state index in [9.17, 15) is 0 Å². The molecule has 96 valence electrons. The van der Waals surface area contributed by atoms with Gasteiger partial charge in [-0.05, 0) is 31.9 Å². The van der Waals surface area contributed by atoms with Crippen LogP contribution in [0.3, 0.4) is 0 Å². The zero-order valence-electron chi connectivity index (χ0n) is 10.8. The molecule has 0 aliphatic carbocycles. The van der Waals surface area contributed by atoms with Gasteiger partial charge in [-0.1, -0.05) is 46.9 Å². The second-order valence-electron chi connectivity index (χ2n) is 4.11. The molecule has 1 aromatic carbocycles. The maximum atomic E-state index is 6.04. The normalized spacial score (nSPS) is 14.6. The molecule has 3 heteroatoms. The second kappa shape index (κ2) is 8.06. The number of aryl methyl sites for hydroxylation is 1. The molecule has 0 aliphatic rings. The van der Waals surface area contributed by atoms with Crippen molar-refractivity contribution in [3.8, 4) is 0 Å². The fourth-order valence-corrected chi connectivity index (χ4v) is 2.43. The largest absolute Gasteiger partial charge is 0.379 e. The van der Waals surface area contributed by atoms with Gasteiger partial charge in [-0.25, -0.2) is 0 Å². The Balaban J connectivity index is 2.62. The highest BCUT2D eigenvalue weighted by Gasteiger charge is 2.16. The van der Waals surface area contributed by atoms with Crippen molar-refractivity contribution in [3.05, 3.63) is 35.4 Å². The first-order chi connectivity index (χ1) is 8.19. The summed E-state index contributed by atoms with van der Waals surface area (Å²) in [6.45, 7) is 7.60. The van der Waals surface area contributed by atoms with Gasteiger partial charge in [-0.2, -0.15) is 0 Å². The standard InChI is InChI=1S/C14H21IO2/c1-4-16-10-12(3)17-14(9-15)13-8-6-5-7-11(13)2/h5-8,12,14H,4,9-10H2,1-3H3. The summed E-state index contributed by atoms with van der Waals surface area (Å²) in [4.78, 5) is 0. The van der Waals surface area contributed by atoms with E-state index in [0.717, 1.165) is 11.0 Å². The summed E-state index contributed by atoms with van der Waals surface area (Å²) in [5, 5.41) is 0. The summed E-state index contributed by atoms with van der Waals surface area (Å²) in [7, 11) is 0. The maximum absolute atomic E-state index is 6.04. The van der Waals surface area contributed by atoms with Gasteiger partial charge in [0.05, 0.1) is 18.8 Å². The third kappa shape index (κ3) is 4.94. The zero-order valence-corrected chi connectivity index (χ0v) is 12.9. The van der Waals surface area contributed by atoms with Crippen LogP contribution in [0.5, 0.6) is 0 Å². The second-order valence-corrected chi connectivity index (χ2v) is 4.99. The Morgan fingerprint density at radius 2 is 2.00 bits per heavy atom. The van der Waals surface area contributed by atoms with Gasteiger partial charge >= 0.3 is 0 Å². The van der Waals surface area contributed by atoms with Crippen molar-refractivity contribution >= 4 is 22.6 Å². The molecule has 2 unspecified atom stereocenters. The Bertz CT molecular complexity index is 328. The molecule has 2 atom stereocenters. The Hall–Kier alpha value is -0.130. The van der Waals surface area contributed by atoms with Crippen molar-refractivity contribution in [2.24, 2.45) is 0 Å². The molecule has 17 heavy (non-hydrogen) atoms. The summed E-state index contributed by atoms with van der Waals surface area (Å²) < 4.78 is 12.4. The minimum Gasteiger partial charge on any atom is -0.379 e. The molecule has 1 aromatic rings. The molecule has 1 rings (SSSR count). The molecule has 0 saturated heterocycles. The molecule has 0 amide bonds. The predicted octanol–water partition coefficient (Wildman–Crippen LogP) is 3.91. The van der Waals surface area contributed by atoms with E-state index in [2.05, 4.69) is 60.7 Å². The number of benzene rings is 1. The fraction of sp³-hybridized carbons (Fsp3) is 0.571. The van der Waals surface area contributed by atoms with E-state index in [4.69, 9.17) is 9.47 Å². The molecule has 2 nitrogen and oxygen atoms in total. The maximum Gasteiger partial charge on any atom is 0.0921 e. The van der Waals surface area contributed by atoms with Gasteiger partial charge in [-0.3, -0.25) is 0 Å². The molecule has 0 saturated carbocycles. The van der Waals surface area contributed by atoms with Crippen molar-refractivity contribution in [2.45, 2.75) is 33.0 Å². The van der Waals surface area contributed by atoms with Crippen molar-refractivity contribution in [2.75, 3.05) is 17.6 Å². The third-order valence-corrected chi connectivity index (χ3v) is 3.43. The van der Waals surface area contributed by atoms with Crippen LogP contribution in [0.2, 0.25) is 0 Å². The molecule has 0 N–H and O–H groups in total. The van der Waals surface area contributed by atoms with Crippen molar-refractivity contribution < 1.29 is 9.47 Å². The Morgan fingerprint density at radius 1 is 1.29 bits per heavy atom. The highest BCUT2D eigenvalue weighted by atomic mass is 127. The summed E-state index contributed by atoms with van der Waals surface area (Å²) >= 11 is 2.37. The lowest BCUT2D eigenvalue weighted by atomic mass is 10.0. The monoisotopic (exact) mass is 348 g/mol. The summed E-state index contributed by atoms with van der Waals surface area (Å²) in [6.07, 6.45) is 0.293. The molecule has 0 radical (unpaired) electrons. The lowest BCUT2D eigenvalue weighted by molar-refractivity contribution is -0.0379. The number of hydrogen-bond donors (Lipinski definition) is 0.